The summed E-state index contributed by atoms with van der Waals surface area (Å²) in [6.45, 7) is 4.58. The van der Waals surface area contributed by atoms with Crippen LogP contribution in [-0.2, 0) is 9.53 Å². The second-order valence-corrected chi connectivity index (χ2v) is 6.57. The summed E-state index contributed by atoms with van der Waals surface area (Å²) in [6.07, 6.45) is -3.55. The van der Waals surface area contributed by atoms with Crippen LogP contribution < -0.4 is 5.32 Å². The summed E-state index contributed by atoms with van der Waals surface area (Å²) in [7, 11) is 0. The van der Waals surface area contributed by atoms with Crippen LogP contribution in [0.2, 0.25) is 0 Å². The summed E-state index contributed by atoms with van der Waals surface area (Å²) >= 11 is 3.41. The maximum atomic E-state index is 11.7. The minimum absolute atomic E-state index is 0.0871. The normalized spacial score (nSPS) is 14.4. The molecule has 7 heteroatoms. The molecule has 1 amide bonds. The van der Waals surface area contributed by atoms with Crippen LogP contribution in [0.4, 0.5) is 13.2 Å². The lowest BCUT2D eigenvalue weighted by molar-refractivity contribution is -0.175. The first-order valence-electron chi connectivity index (χ1n) is 5.55. The Morgan fingerprint density at radius 1 is 1.33 bits per heavy atom. The molecule has 0 aliphatic heterocycles. The highest BCUT2D eigenvalue weighted by atomic mass is 79.9. The fraction of sp³-hybridized carbons (Fsp3) is 0.909. The van der Waals surface area contributed by atoms with Gasteiger partial charge in [-0.3, -0.25) is 4.79 Å². The lowest BCUT2D eigenvalue weighted by Crippen LogP contribution is -2.34. The quantitative estimate of drug-likeness (QED) is 0.759. The third-order valence-corrected chi connectivity index (χ3v) is 2.50. The van der Waals surface area contributed by atoms with E-state index in [1.54, 1.807) is 0 Å². The zero-order valence-corrected chi connectivity index (χ0v) is 12.3. The monoisotopic (exact) mass is 333 g/mol. The smallest absolute Gasteiger partial charge is 0.362 e. The molecule has 0 aliphatic rings. The summed E-state index contributed by atoms with van der Waals surface area (Å²) in [5, 5.41) is 2.51. The Bertz CT molecular complexity index is 264. The average Bonchev–Trinajstić information content (AvgIpc) is 2.09. The third-order valence-electron chi connectivity index (χ3n) is 1.85. The number of ether oxygens (including phenoxy) is 1. The molecule has 0 heterocycles. The summed E-state index contributed by atoms with van der Waals surface area (Å²) in [6, 6.07) is 0. The Morgan fingerprint density at radius 2 is 1.89 bits per heavy atom. The highest BCUT2D eigenvalue weighted by Gasteiger charge is 2.27. The Morgan fingerprint density at radius 3 is 2.33 bits per heavy atom. The SMILES string of the molecule is CC(C)(C)CC(Br)CNC(=O)COCC(F)(F)F. The minimum Gasteiger partial charge on any atom is -0.362 e. The van der Waals surface area contributed by atoms with Crippen molar-refractivity contribution in [3.05, 3.63) is 0 Å². The second-order valence-electron chi connectivity index (χ2n) is 5.27. The molecule has 0 bridgehead atoms. The number of alkyl halides is 4. The van der Waals surface area contributed by atoms with Crippen LogP contribution in [0.15, 0.2) is 0 Å². The first-order chi connectivity index (χ1) is 7.99. The Kier molecular flexibility index (Phi) is 7.21. The van der Waals surface area contributed by atoms with Crippen molar-refractivity contribution in [2.75, 3.05) is 19.8 Å². The Hall–Kier alpha value is -0.300. The zero-order chi connectivity index (χ0) is 14.4. The Balaban J connectivity index is 3.71. The van der Waals surface area contributed by atoms with Crippen molar-refractivity contribution in [3.63, 3.8) is 0 Å². The van der Waals surface area contributed by atoms with Gasteiger partial charge >= 0.3 is 6.18 Å². The number of rotatable bonds is 6. The van der Waals surface area contributed by atoms with E-state index in [1.807, 2.05) is 0 Å². The highest BCUT2D eigenvalue weighted by Crippen LogP contribution is 2.24. The van der Waals surface area contributed by atoms with Gasteiger partial charge in [-0.15, -0.1) is 0 Å². The van der Waals surface area contributed by atoms with Crippen molar-refractivity contribution in [1.82, 2.24) is 5.32 Å². The van der Waals surface area contributed by atoms with Crippen LogP contribution in [0.1, 0.15) is 27.2 Å². The topological polar surface area (TPSA) is 38.3 Å². The summed E-state index contributed by atoms with van der Waals surface area (Å²) in [4.78, 5) is 11.3. The van der Waals surface area contributed by atoms with Crippen LogP contribution in [-0.4, -0.2) is 36.7 Å². The minimum atomic E-state index is -4.40. The number of amides is 1. The third kappa shape index (κ3) is 12.2. The molecule has 0 aliphatic carbocycles. The Labute approximate surface area is 114 Å². The molecule has 0 fully saturated rings. The van der Waals surface area contributed by atoms with Gasteiger partial charge in [-0.1, -0.05) is 36.7 Å². The van der Waals surface area contributed by atoms with Gasteiger partial charge in [-0.05, 0) is 11.8 Å². The molecule has 0 rings (SSSR count). The van der Waals surface area contributed by atoms with E-state index in [4.69, 9.17) is 0 Å². The highest BCUT2D eigenvalue weighted by molar-refractivity contribution is 9.09. The van der Waals surface area contributed by atoms with E-state index in [-0.39, 0.29) is 10.2 Å². The molecule has 1 atom stereocenters. The fourth-order valence-electron chi connectivity index (χ4n) is 1.27. The number of carbonyl (C=O) groups excluding carboxylic acids is 1. The molecule has 1 N–H and O–H groups in total. The lowest BCUT2D eigenvalue weighted by Gasteiger charge is -2.22. The first kappa shape index (κ1) is 17.7. The molecule has 18 heavy (non-hydrogen) atoms. The molecule has 0 aromatic carbocycles. The van der Waals surface area contributed by atoms with Crippen molar-refractivity contribution in [1.29, 1.82) is 0 Å². The zero-order valence-electron chi connectivity index (χ0n) is 10.7. The van der Waals surface area contributed by atoms with Gasteiger partial charge in [-0.2, -0.15) is 13.2 Å². The lowest BCUT2D eigenvalue weighted by atomic mass is 9.90. The number of hydrogen-bond acceptors (Lipinski definition) is 2. The number of halogens is 4. The van der Waals surface area contributed by atoms with Gasteiger partial charge < -0.3 is 10.1 Å². The molecule has 3 nitrogen and oxygen atoms in total. The van der Waals surface area contributed by atoms with Crippen molar-refractivity contribution < 1.29 is 22.7 Å². The molecule has 0 saturated carbocycles. The molecule has 108 valence electrons. The van der Waals surface area contributed by atoms with E-state index in [0.717, 1.165) is 6.42 Å². The van der Waals surface area contributed by atoms with Gasteiger partial charge in [0.15, 0.2) is 0 Å². The standard InChI is InChI=1S/C11H19BrF3NO2/c1-10(2,3)4-8(12)5-16-9(17)6-18-7-11(13,14)15/h8H,4-7H2,1-3H3,(H,16,17). The van der Waals surface area contributed by atoms with E-state index in [9.17, 15) is 18.0 Å². The maximum absolute atomic E-state index is 11.7. The maximum Gasteiger partial charge on any atom is 0.411 e. The van der Waals surface area contributed by atoms with Crippen LogP contribution in [0.25, 0.3) is 0 Å². The van der Waals surface area contributed by atoms with E-state index in [0.29, 0.717) is 6.54 Å². The number of hydrogen-bond donors (Lipinski definition) is 1. The van der Waals surface area contributed by atoms with Crippen LogP contribution in [0.5, 0.6) is 0 Å². The largest absolute Gasteiger partial charge is 0.411 e. The van der Waals surface area contributed by atoms with Crippen molar-refractivity contribution in [3.8, 4) is 0 Å². The summed E-state index contributed by atoms with van der Waals surface area (Å²) in [5.41, 5.74) is 0.117. The fourth-order valence-corrected chi connectivity index (χ4v) is 2.40. The predicted molar refractivity (Wildman–Crippen MR) is 66.7 cm³/mol. The summed E-state index contributed by atoms with van der Waals surface area (Å²) in [5.74, 6) is -0.544. The molecule has 0 aromatic heterocycles. The van der Waals surface area contributed by atoms with E-state index >= 15 is 0 Å². The molecular weight excluding hydrogens is 315 g/mol. The molecular formula is C11H19BrF3NO2. The first-order valence-corrected chi connectivity index (χ1v) is 6.46. The van der Waals surface area contributed by atoms with Gasteiger partial charge in [0.25, 0.3) is 0 Å². The van der Waals surface area contributed by atoms with Gasteiger partial charge in [0, 0.05) is 11.4 Å². The van der Waals surface area contributed by atoms with Crippen LogP contribution in [0.3, 0.4) is 0 Å². The number of nitrogens with one attached hydrogen (secondary N) is 1. The molecule has 0 spiro atoms. The van der Waals surface area contributed by atoms with Crippen LogP contribution >= 0.6 is 15.9 Å². The van der Waals surface area contributed by atoms with Crippen molar-refractivity contribution in [2.24, 2.45) is 5.41 Å². The number of carbonyl (C=O) groups is 1. The van der Waals surface area contributed by atoms with Crippen LogP contribution in [0, 0.1) is 5.41 Å². The second kappa shape index (κ2) is 7.33. The average molecular weight is 334 g/mol. The predicted octanol–water partition coefficient (Wildman–Crippen LogP) is 2.88. The summed E-state index contributed by atoms with van der Waals surface area (Å²) < 4.78 is 39.5. The van der Waals surface area contributed by atoms with Gasteiger partial charge in [-0.25, -0.2) is 0 Å². The van der Waals surface area contributed by atoms with E-state index < -0.39 is 25.3 Å². The van der Waals surface area contributed by atoms with Gasteiger partial charge in [0.2, 0.25) is 5.91 Å². The molecule has 1 unspecified atom stereocenters. The molecule has 0 radical (unpaired) electrons. The van der Waals surface area contributed by atoms with Crippen molar-refractivity contribution in [2.45, 2.75) is 38.2 Å². The molecule has 0 aromatic rings. The van der Waals surface area contributed by atoms with Crippen molar-refractivity contribution >= 4 is 21.8 Å². The van der Waals surface area contributed by atoms with E-state index in [1.165, 1.54) is 0 Å². The molecule has 0 saturated heterocycles. The van der Waals surface area contributed by atoms with Gasteiger partial charge in [0.1, 0.15) is 13.2 Å². The van der Waals surface area contributed by atoms with E-state index in [2.05, 4.69) is 46.8 Å². The van der Waals surface area contributed by atoms with Gasteiger partial charge in [0.05, 0.1) is 0 Å².